The lowest BCUT2D eigenvalue weighted by Gasteiger charge is -2.15. The van der Waals surface area contributed by atoms with Gasteiger partial charge in [-0.3, -0.25) is 4.57 Å². The third-order valence-corrected chi connectivity index (χ3v) is 2.34. The van der Waals surface area contributed by atoms with Crippen molar-refractivity contribution in [2.75, 3.05) is 12.3 Å². The standard InChI is InChI=1S/C10H13N3O4/c11-9-1-2-13(10(17)12-9)8(6-16)3-7(4-14)5-15/h1-2,4,6-8,15H,3,5H2,(H2,11,12,17)/t7-,8+/m0/s1. The monoisotopic (exact) mass is 239 g/mol. The van der Waals surface area contributed by atoms with Gasteiger partial charge in [-0.2, -0.15) is 4.98 Å². The molecule has 0 saturated heterocycles. The summed E-state index contributed by atoms with van der Waals surface area (Å²) in [5, 5.41) is 8.86. The Bertz CT molecular complexity index is 457. The molecule has 0 aromatic carbocycles. The third-order valence-electron chi connectivity index (χ3n) is 2.34. The first-order valence-corrected chi connectivity index (χ1v) is 4.98. The van der Waals surface area contributed by atoms with Crippen molar-refractivity contribution in [2.45, 2.75) is 12.5 Å². The maximum absolute atomic E-state index is 11.5. The molecule has 92 valence electrons. The first kappa shape index (κ1) is 13.0. The van der Waals surface area contributed by atoms with E-state index in [0.717, 1.165) is 4.57 Å². The Hall–Kier alpha value is -2.02. The van der Waals surface area contributed by atoms with E-state index in [0.29, 0.717) is 12.6 Å². The SMILES string of the molecule is Nc1ccn([C@@H](C=O)C[C@@H](C=O)CO)c(=O)n1. The van der Waals surface area contributed by atoms with Crippen LogP contribution in [0.5, 0.6) is 0 Å². The summed E-state index contributed by atoms with van der Waals surface area (Å²) in [4.78, 5) is 36.4. The van der Waals surface area contributed by atoms with E-state index in [1.165, 1.54) is 12.3 Å². The van der Waals surface area contributed by atoms with Crippen LogP contribution >= 0.6 is 0 Å². The van der Waals surface area contributed by atoms with Crippen molar-refractivity contribution < 1.29 is 14.7 Å². The number of anilines is 1. The number of nitrogens with two attached hydrogens (primary N) is 1. The molecule has 0 amide bonds. The number of aldehydes is 2. The van der Waals surface area contributed by atoms with Crippen LogP contribution in [-0.4, -0.2) is 33.8 Å². The zero-order valence-electron chi connectivity index (χ0n) is 9.02. The fourth-order valence-corrected chi connectivity index (χ4v) is 1.40. The summed E-state index contributed by atoms with van der Waals surface area (Å²) in [5.74, 6) is -0.625. The van der Waals surface area contributed by atoms with Crippen molar-refractivity contribution in [1.29, 1.82) is 0 Å². The Morgan fingerprint density at radius 1 is 1.47 bits per heavy atom. The topological polar surface area (TPSA) is 115 Å². The van der Waals surface area contributed by atoms with Crippen molar-refractivity contribution in [3.8, 4) is 0 Å². The highest BCUT2D eigenvalue weighted by Crippen LogP contribution is 2.12. The molecule has 7 nitrogen and oxygen atoms in total. The summed E-state index contributed by atoms with van der Waals surface area (Å²) >= 11 is 0. The fourth-order valence-electron chi connectivity index (χ4n) is 1.40. The summed E-state index contributed by atoms with van der Waals surface area (Å²) < 4.78 is 1.08. The summed E-state index contributed by atoms with van der Waals surface area (Å²) in [7, 11) is 0. The third kappa shape index (κ3) is 3.22. The van der Waals surface area contributed by atoms with E-state index in [2.05, 4.69) is 4.98 Å². The molecule has 2 atom stereocenters. The van der Waals surface area contributed by atoms with Crippen LogP contribution in [0.3, 0.4) is 0 Å². The van der Waals surface area contributed by atoms with Crippen LogP contribution in [0.25, 0.3) is 0 Å². The van der Waals surface area contributed by atoms with E-state index >= 15 is 0 Å². The number of rotatable bonds is 6. The van der Waals surface area contributed by atoms with Gasteiger partial charge >= 0.3 is 5.69 Å². The minimum absolute atomic E-state index is 0.0506. The Morgan fingerprint density at radius 3 is 2.65 bits per heavy atom. The van der Waals surface area contributed by atoms with Crippen molar-refractivity contribution in [3.63, 3.8) is 0 Å². The van der Waals surface area contributed by atoms with Gasteiger partial charge in [-0.15, -0.1) is 0 Å². The first-order chi connectivity index (χ1) is 8.12. The molecular weight excluding hydrogens is 226 g/mol. The Balaban J connectivity index is 2.97. The Kier molecular flexibility index (Phi) is 4.53. The van der Waals surface area contributed by atoms with E-state index in [1.54, 1.807) is 0 Å². The zero-order valence-corrected chi connectivity index (χ0v) is 9.02. The molecule has 1 rings (SSSR count). The molecule has 7 heteroatoms. The minimum Gasteiger partial charge on any atom is -0.396 e. The highest BCUT2D eigenvalue weighted by molar-refractivity contribution is 5.59. The second-order valence-electron chi connectivity index (χ2n) is 3.56. The molecule has 0 spiro atoms. The summed E-state index contributed by atoms with van der Waals surface area (Å²) in [6.07, 6.45) is 2.47. The van der Waals surface area contributed by atoms with Crippen LogP contribution in [0.4, 0.5) is 5.82 Å². The van der Waals surface area contributed by atoms with Gasteiger partial charge in [0.2, 0.25) is 0 Å². The lowest BCUT2D eigenvalue weighted by atomic mass is 10.0. The summed E-state index contributed by atoms with van der Waals surface area (Å²) in [5.41, 5.74) is 4.65. The van der Waals surface area contributed by atoms with Gasteiger partial charge in [0.25, 0.3) is 0 Å². The summed E-state index contributed by atoms with van der Waals surface area (Å²) in [6, 6.07) is 0.546. The van der Waals surface area contributed by atoms with Gasteiger partial charge in [0, 0.05) is 12.1 Å². The van der Waals surface area contributed by atoms with Crippen molar-refractivity contribution >= 4 is 18.4 Å². The van der Waals surface area contributed by atoms with Crippen molar-refractivity contribution in [1.82, 2.24) is 9.55 Å². The highest BCUT2D eigenvalue weighted by atomic mass is 16.3. The lowest BCUT2D eigenvalue weighted by Crippen LogP contribution is -2.30. The molecule has 0 fully saturated rings. The molecule has 0 radical (unpaired) electrons. The van der Waals surface area contributed by atoms with E-state index in [-0.39, 0.29) is 18.8 Å². The number of carbonyl (C=O) groups excluding carboxylic acids is 2. The number of nitrogens with zero attached hydrogens (tertiary/aromatic N) is 2. The number of hydrogen-bond acceptors (Lipinski definition) is 6. The van der Waals surface area contributed by atoms with Crippen LogP contribution in [0.15, 0.2) is 17.1 Å². The minimum atomic E-state index is -0.835. The molecule has 0 aliphatic heterocycles. The van der Waals surface area contributed by atoms with Crippen molar-refractivity contribution in [2.24, 2.45) is 5.92 Å². The van der Waals surface area contributed by atoms with Crippen LogP contribution < -0.4 is 11.4 Å². The highest BCUT2D eigenvalue weighted by Gasteiger charge is 2.17. The maximum atomic E-state index is 11.5. The molecular formula is C10H13N3O4. The van der Waals surface area contributed by atoms with Crippen LogP contribution in [0.1, 0.15) is 12.5 Å². The number of aliphatic hydroxyl groups excluding tert-OH is 1. The van der Waals surface area contributed by atoms with Crippen LogP contribution in [-0.2, 0) is 9.59 Å². The second kappa shape index (κ2) is 5.90. The smallest absolute Gasteiger partial charge is 0.350 e. The second-order valence-corrected chi connectivity index (χ2v) is 3.56. The molecule has 1 aromatic heterocycles. The zero-order chi connectivity index (χ0) is 12.8. The molecule has 1 heterocycles. The van der Waals surface area contributed by atoms with Crippen LogP contribution in [0.2, 0.25) is 0 Å². The van der Waals surface area contributed by atoms with E-state index < -0.39 is 17.6 Å². The normalized spacial score (nSPS) is 13.9. The summed E-state index contributed by atoms with van der Waals surface area (Å²) in [6.45, 7) is -0.370. The van der Waals surface area contributed by atoms with Gasteiger partial charge in [-0.05, 0) is 12.5 Å². The lowest BCUT2D eigenvalue weighted by molar-refractivity contribution is -0.114. The van der Waals surface area contributed by atoms with Crippen molar-refractivity contribution in [3.05, 3.63) is 22.7 Å². The van der Waals surface area contributed by atoms with Crippen LogP contribution in [0, 0.1) is 5.92 Å². The Labute approximate surface area is 96.9 Å². The molecule has 17 heavy (non-hydrogen) atoms. The molecule has 0 bridgehead atoms. The molecule has 0 unspecified atom stereocenters. The largest absolute Gasteiger partial charge is 0.396 e. The average Bonchev–Trinajstić information content (AvgIpc) is 2.32. The molecule has 3 N–H and O–H groups in total. The number of hydrogen-bond donors (Lipinski definition) is 2. The van der Waals surface area contributed by atoms with Gasteiger partial charge in [0.15, 0.2) is 0 Å². The molecule has 0 saturated carbocycles. The van der Waals surface area contributed by atoms with Gasteiger partial charge in [0.1, 0.15) is 18.4 Å². The first-order valence-electron chi connectivity index (χ1n) is 4.98. The molecule has 1 aromatic rings. The van der Waals surface area contributed by atoms with Gasteiger partial charge in [-0.25, -0.2) is 4.79 Å². The average molecular weight is 239 g/mol. The quantitative estimate of drug-likeness (QED) is 0.600. The van der Waals surface area contributed by atoms with E-state index in [9.17, 15) is 14.4 Å². The van der Waals surface area contributed by atoms with Gasteiger partial charge in [-0.1, -0.05) is 0 Å². The number of carbonyl (C=O) groups is 2. The number of aliphatic hydroxyl groups is 1. The molecule has 0 aliphatic rings. The van der Waals surface area contributed by atoms with E-state index in [1.807, 2.05) is 0 Å². The van der Waals surface area contributed by atoms with E-state index in [4.69, 9.17) is 10.8 Å². The fraction of sp³-hybridized carbons (Fsp3) is 0.400. The Morgan fingerprint density at radius 2 is 2.18 bits per heavy atom. The predicted molar refractivity (Wildman–Crippen MR) is 59.3 cm³/mol. The molecule has 0 aliphatic carbocycles. The number of nitrogen functional groups attached to an aromatic ring is 1. The van der Waals surface area contributed by atoms with Gasteiger partial charge in [0.05, 0.1) is 12.6 Å². The maximum Gasteiger partial charge on any atom is 0.350 e. The van der Waals surface area contributed by atoms with Gasteiger partial charge < -0.3 is 20.4 Å². The number of aromatic nitrogens is 2. The predicted octanol–water partition coefficient (Wildman–Crippen LogP) is -1.24.